The molecule has 3 unspecified atom stereocenters. The third-order valence-corrected chi connectivity index (χ3v) is 4.18. The fourth-order valence-electron chi connectivity index (χ4n) is 2.09. The van der Waals surface area contributed by atoms with Gasteiger partial charge >= 0.3 is 0 Å². The minimum absolute atomic E-state index is 0.0649. The Kier molecular flexibility index (Phi) is 2.94. The van der Waals surface area contributed by atoms with Crippen molar-refractivity contribution in [1.82, 2.24) is 0 Å². The maximum Gasteiger partial charge on any atom is 0.0683 e. The van der Waals surface area contributed by atoms with E-state index in [-0.39, 0.29) is 6.10 Å². The normalized spacial score (nSPS) is 38.6. The predicted octanol–water partition coefficient (Wildman–Crippen LogP) is 2.21. The lowest BCUT2D eigenvalue weighted by Gasteiger charge is -2.26. The van der Waals surface area contributed by atoms with Gasteiger partial charge in [0.05, 0.1) is 17.2 Å². The second-order valence-electron chi connectivity index (χ2n) is 3.96. The summed E-state index contributed by atoms with van der Waals surface area (Å²) in [6, 6.07) is 0.523. The molecular formula is C10H17NOS. The number of aliphatic hydroxyl groups excluding tert-OH is 1. The van der Waals surface area contributed by atoms with Crippen molar-refractivity contribution in [1.29, 1.82) is 0 Å². The van der Waals surface area contributed by atoms with Crippen LogP contribution in [0, 0.1) is 0 Å². The molecule has 3 heteroatoms. The molecule has 0 saturated heterocycles. The highest BCUT2D eigenvalue weighted by molar-refractivity contribution is 8.14. The summed E-state index contributed by atoms with van der Waals surface area (Å²) >= 11 is 1.91. The van der Waals surface area contributed by atoms with Crippen LogP contribution in [0.25, 0.3) is 0 Å². The molecule has 1 saturated carbocycles. The van der Waals surface area contributed by atoms with Crippen molar-refractivity contribution in [2.45, 2.75) is 56.4 Å². The van der Waals surface area contributed by atoms with Gasteiger partial charge in [-0.1, -0.05) is 13.3 Å². The maximum absolute atomic E-state index is 9.51. The number of fused-ring (bicyclic) bond motifs is 1. The van der Waals surface area contributed by atoms with Crippen LogP contribution in [-0.2, 0) is 0 Å². The first-order valence-electron chi connectivity index (χ1n) is 5.21. The van der Waals surface area contributed by atoms with E-state index < -0.39 is 0 Å². The fourth-order valence-corrected chi connectivity index (χ4v) is 3.63. The van der Waals surface area contributed by atoms with Crippen LogP contribution < -0.4 is 0 Å². The minimum atomic E-state index is -0.0649. The summed E-state index contributed by atoms with van der Waals surface area (Å²) in [4.78, 5) is 4.70. The van der Waals surface area contributed by atoms with Crippen LogP contribution in [0.2, 0.25) is 0 Å². The lowest BCUT2D eigenvalue weighted by Crippen LogP contribution is -2.30. The summed E-state index contributed by atoms with van der Waals surface area (Å²) in [6.45, 7) is 2.19. The van der Waals surface area contributed by atoms with Crippen LogP contribution in [0.5, 0.6) is 0 Å². The van der Waals surface area contributed by atoms with Gasteiger partial charge in [-0.25, -0.2) is 0 Å². The van der Waals surface area contributed by atoms with Crippen molar-refractivity contribution >= 4 is 16.8 Å². The monoisotopic (exact) mass is 199 g/mol. The molecule has 0 aromatic carbocycles. The quantitative estimate of drug-likeness (QED) is 0.739. The van der Waals surface area contributed by atoms with Gasteiger partial charge in [0, 0.05) is 5.25 Å². The third kappa shape index (κ3) is 2.08. The maximum atomic E-state index is 9.51. The Morgan fingerprint density at radius 3 is 3.15 bits per heavy atom. The summed E-state index contributed by atoms with van der Waals surface area (Å²) in [7, 11) is 0. The van der Waals surface area contributed by atoms with Gasteiger partial charge in [0.2, 0.25) is 0 Å². The van der Waals surface area contributed by atoms with Gasteiger partial charge in [0.15, 0.2) is 0 Å². The predicted molar refractivity (Wildman–Crippen MR) is 57.4 cm³/mol. The highest BCUT2D eigenvalue weighted by Gasteiger charge is 2.34. The largest absolute Gasteiger partial charge is 0.393 e. The Hall–Kier alpha value is -0.0200. The summed E-state index contributed by atoms with van der Waals surface area (Å²) in [5.41, 5.74) is 0. The van der Waals surface area contributed by atoms with E-state index in [9.17, 15) is 5.11 Å². The first-order valence-corrected chi connectivity index (χ1v) is 6.09. The lowest BCUT2D eigenvalue weighted by molar-refractivity contribution is 0.127. The van der Waals surface area contributed by atoms with Gasteiger partial charge in [-0.05, 0) is 25.7 Å². The lowest BCUT2D eigenvalue weighted by atomic mass is 9.93. The molecule has 1 heterocycles. The Bertz CT molecular complexity index is 217. The van der Waals surface area contributed by atoms with Crippen LogP contribution >= 0.6 is 11.8 Å². The molecule has 0 aromatic heterocycles. The van der Waals surface area contributed by atoms with Crippen molar-refractivity contribution in [3.05, 3.63) is 0 Å². The average Bonchev–Trinajstić information content (AvgIpc) is 2.46. The molecule has 2 nitrogen and oxygen atoms in total. The molecule has 0 spiro atoms. The first kappa shape index (κ1) is 9.53. The van der Waals surface area contributed by atoms with Gasteiger partial charge in [0.1, 0.15) is 0 Å². The Labute approximate surface area is 83.8 Å². The van der Waals surface area contributed by atoms with E-state index in [1.54, 1.807) is 0 Å². The SMILES string of the molecule is CCCC1=NC2CCC(O)CC2S1. The van der Waals surface area contributed by atoms with Gasteiger partial charge in [-0.15, -0.1) is 11.8 Å². The highest BCUT2D eigenvalue weighted by Crippen LogP contribution is 2.38. The molecule has 1 aliphatic carbocycles. The molecule has 0 aromatic rings. The number of aliphatic hydroxyl groups is 1. The number of aliphatic imine (C=N–C) groups is 1. The molecule has 0 radical (unpaired) electrons. The Balaban J connectivity index is 1.94. The second kappa shape index (κ2) is 4.01. The van der Waals surface area contributed by atoms with E-state index in [0.29, 0.717) is 11.3 Å². The molecule has 2 rings (SSSR count). The van der Waals surface area contributed by atoms with Gasteiger partial charge in [-0.2, -0.15) is 0 Å². The van der Waals surface area contributed by atoms with Crippen LogP contribution in [0.3, 0.4) is 0 Å². The number of hydrogen-bond acceptors (Lipinski definition) is 3. The number of nitrogens with zero attached hydrogens (tertiary/aromatic N) is 1. The number of rotatable bonds is 2. The van der Waals surface area contributed by atoms with E-state index in [4.69, 9.17) is 4.99 Å². The van der Waals surface area contributed by atoms with Crippen LogP contribution in [-0.4, -0.2) is 27.5 Å². The standard InChI is InChI=1S/C10H17NOS/c1-2-3-10-11-8-5-4-7(12)6-9(8)13-10/h7-9,12H,2-6H2,1H3. The smallest absolute Gasteiger partial charge is 0.0683 e. The zero-order valence-electron chi connectivity index (χ0n) is 8.07. The van der Waals surface area contributed by atoms with Gasteiger partial charge < -0.3 is 5.11 Å². The van der Waals surface area contributed by atoms with E-state index in [0.717, 1.165) is 25.7 Å². The van der Waals surface area contributed by atoms with Crippen molar-refractivity contribution in [2.75, 3.05) is 0 Å². The number of thioether (sulfide) groups is 1. The minimum Gasteiger partial charge on any atom is -0.393 e. The Morgan fingerprint density at radius 2 is 2.38 bits per heavy atom. The molecule has 2 aliphatic rings. The highest BCUT2D eigenvalue weighted by atomic mass is 32.2. The topological polar surface area (TPSA) is 32.6 Å². The zero-order chi connectivity index (χ0) is 9.26. The molecule has 74 valence electrons. The summed E-state index contributed by atoms with van der Waals surface area (Å²) < 4.78 is 0. The van der Waals surface area contributed by atoms with E-state index in [2.05, 4.69) is 6.92 Å². The molecule has 1 N–H and O–H groups in total. The van der Waals surface area contributed by atoms with Crippen LogP contribution in [0.4, 0.5) is 0 Å². The van der Waals surface area contributed by atoms with Crippen molar-refractivity contribution in [3.63, 3.8) is 0 Å². The molecule has 13 heavy (non-hydrogen) atoms. The first-order chi connectivity index (χ1) is 6.29. The van der Waals surface area contributed by atoms with E-state index >= 15 is 0 Å². The molecular weight excluding hydrogens is 182 g/mol. The molecule has 0 bridgehead atoms. The van der Waals surface area contributed by atoms with Crippen molar-refractivity contribution in [3.8, 4) is 0 Å². The summed E-state index contributed by atoms with van der Waals surface area (Å²) in [5, 5.41) is 11.4. The summed E-state index contributed by atoms with van der Waals surface area (Å²) in [5.74, 6) is 0. The van der Waals surface area contributed by atoms with Gasteiger partial charge in [-0.3, -0.25) is 4.99 Å². The number of hydrogen-bond donors (Lipinski definition) is 1. The molecule has 1 fully saturated rings. The Morgan fingerprint density at radius 1 is 1.54 bits per heavy atom. The van der Waals surface area contributed by atoms with E-state index in [1.165, 1.54) is 11.5 Å². The van der Waals surface area contributed by atoms with Crippen molar-refractivity contribution < 1.29 is 5.11 Å². The van der Waals surface area contributed by atoms with Crippen LogP contribution in [0.1, 0.15) is 39.0 Å². The fraction of sp³-hybridized carbons (Fsp3) is 0.900. The van der Waals surface area contributed by atoms with Gasteiger partial charge in [0.25, 0.3) is 0 Å². The zero-order valence-corrected chi connectivity index (χ0v) is 8.89. The molecule has 1 aliphatic heterocycles. The molecule has 0 amide bonds. The third-order valence-electron chi connectivity index (χ3n) is 2.79. The van der Waals surface area contributed by atoms with Crippen LogP contribution in [0.15, 0.2) is 4.99 Å². The molecule has 3 atom stereocenters. The van der Waals surface area contributed by atoms with Crippen molar-refractivity contribution in [2.24, 2.45) is 4.99 Å². The summed E-state index contributed by atoms with van der Waals surface area (Å²) in [6.07, 6.45) is 5.24. The second-order valence-corrected chi connectivity index (χ2v) is 5.28. The average molecular weight is 199 g/mol. The van der Waals surface area contributed by atoms with E-state index in [1.807, 2.05) is 11.8 Å².